The van der Waals surface area contributed by atoms with Gasteiger partial charge in [-0.05, 0) is 55.8 Å². The number of hydrogen-bond acceptors (Lipinski definition) is 2. The third kappa shape index (κ3) is 4.74. The number of benzene rings is 1. The largest absolute Gasteiger partial charge is 0.382 e. The van der Waals surface area contributed by atoms with Crippen LogP contribution in [0, 0.1) is 10.8 Å². The lowest BCUT2D eigenvalue weighted by Gasteiger charge is -2.45. The van der Waals surface area contributed by atoms with Crippen LogP contribution < -0.4 is 5.32 Å². The van der Waals surface area contributed by atoms with Crippen LogP contribution in [0.25, 0.3) is 0 Å². The van der Waals surface area contributed by atoms with Crippen LogP contribution in [-0.2, 0) is 6.54 Å². The zero-order valence-corrected chi connectivity index (χ0v) is 14.7. The molecule has 1 aromatic carbocycles. The zero-order valence-electron chi connectivity index (χ0n) is 14.7. The maximum Gasteiger partial charge on any atom is 0.0388 e. The molecule has 2 nitrogen and oxygen atoms in total. The molecule has 1 N–H and O–H groups in total. The fourth-order valence-corrected chi connectivity index (χ4v) is 4.31. The highest BCUT2D eigenvalue weighted by atomic mass is 15.1. The molecule has 0 bridgehead atoms. The molecular weight excluding hydrogens is 256 g/mol. The Hall–Kier alpha value is -1.02. The lowest BCUT2D eigenvalue weighted by Crippen LogP contribution is -2.40. The Labute approximate surface area is 130 Å². The molecule has 0 spiro atoms. The third-order valence-electron chi connectivity index (χ3n) is 4.42. The van der Waals surface area contributed by atoms with Crippen LogP contribution >= 0.6 is 0 Å². The minimum absolute atomic E-state index is 0.426. The van der Waals surface area contributed by atoms with Crippen molar-refractivity contribution >= 4 is 5.69 Å². The number of anilines is 1. The maximum absolute atomic E-state index is 3.84. The van der Waals surface area contributed by atoms with Gasteiger partial charge in [-0.25, -0.2) is 0 Å². The van der Waals surface area contributed by atoms with E-state index < -0.39 is 0 Å². The summed E-state index contributed by atoms with van der Waals surface area (Å²) < 4.78 is 0. The molecule has 1 aliphatic rings. The van der Waals surface area contributed by atoms with E-state index in [0.29, 0.717) is 16.9 Å². The second-order valence-electron chi connectivity index (χ2n) is 8.65. The van der Waals surface area contributed by atoms with Crippen molar-refractivity contribution in [3.05, 3.63) is 29.8 Å². The number of nitrogens with zero attached hydrogens (tertiary/aromatic N) is 1. The predicted octanol–water partition coefficient (Wildman–Crippen LogP) is 4.77. The fraction of sp³-hybridized carbons (Fsp3) is 0.684. The minimum atomic E-state index is 0.426. The molecule has 1 aromatic rings. The summed E-state index contributed by atoms with van der Waals surface area (Å²) >= 11 is 0. The molecule has 0 amide bonds. The van der Waals surface area contributed by atoms with Gasteiger partial charge in [-0.1, -0.05) is 45.9 Å². The van der Waals surface area contributed by atoms with Crippen LogP contribution in [0.5, 0.6) is 0 Å². The van der Waals surface area contributed by atoms with Gasteiger partial charge in [0.05, 0.1) is 0 Å². The van der Waals surface area contributed by atoms with Gasteiger partial charge in [0.1, 0.15) is 0 Å². The Morgan fingerprint density at radius 3 is 2.19 bits per heavy atom. The summed E-state index contributed by atoms with van der Waals surface area (Å²) in [7, 11) is 4.26. The molecule has 0 unspecified atom stereocenters. The van der Waals surface area contributed by atoms with Crippen molar-refractivity contribution in [1.82, 2.24) is 4.90 Å². The Kier molecular flexibility index (Phi) is 4.67. The van der Waals surface area contributed by atoms with E-state index in [1.165, 1.54) is 30.5 Å². The van der Waals surface area contributed by atoms with Gasteiger partial charge >= 0.3 is 0 Å². The summed E-state index contributed by atoms with van der Waals surface area (Å²) in [4.78, 5) is 2.23. The van der Waals surface area contributed by atoms with Crippen molar-refractivity contribution in [2.24, 2.45) is 10.8 Å². The molecule has 0 aromatic heterocycles. The molecule has 2 heteroatoms. The van der Waals surface area contributed by atoms with Crippen LogP contribution in [0.2, 0.25) is 0 Å². The molecule has 0 radical (unpaired) electrons. The molecule has 0 aliphatic heterocycles. The van der Waals surface area contributed by atoms with Gasteiger partial charge in [0, 0.05) is 18.3 Å². The first-order valence-corrected chi connectivity index (χ1v) is 8.16. The van der Waals surface area contributed by atoms with E-state index in [4.69, 9.17) is 0 Å². The highest BCUT2D eigenvalue weighted by Crippen LogP contribution is 2.46. The van der Waals surface area contributed by atoms with Crippen LogP contribution in [-0.4, -0.2) is 25.0 Å². The summed E-state index contributed by atoms with van der Waals surface area (Å²) in [6.45, 7) is 10.6. The Morgan fingerprint density at radius 2 is 1.62 bits per heavy atom. The normalized spacial score (nSPS) is 21.5. The smallest absolute Gasteiger partial charge is 0.0388 e. The summed E-state index contributed by atoms with van der Waals surface area (Å²) in [5.74, 6) is 0. The molecule has 0 saturated heterocycles. The number of hydrogen-bond donors (Lipinski definition) is 1. The van der Waals surface area contributed by atoms with Crippen LogP contribution in [0.1, 0.15) is 52.5 Å². The second-order valence-corrected chi connectivity index (χ2v) is 8.65. The van der Waals surface area contributed by atoms with E-state index in [2.05, 4.69) is 76.3 Å². The van der Waals surface area contributed by atoms with Crippen molar-refractivity contribution in [1.29, 1.82) is 0 Å². The monoisotopic (exact) mass is 288 g/mol. The molecule has 2 rings (SSSR count). The van der Waals surface area contributed by atoms with Gasteiger partial charge in [-0.3, -0.25) is 0 Å². The quantitative estimate of drug-likeness (QED) is 0.859. The highest BCUT2D eigenvalue weighted by Gasteiger charge is 2.38. The first kappa shape index (κ1) is 16.4. The van der Waals surface area contributed by atoms with E-state index in [1.807, 2.05) is 0 Å². The summed E-state index contributed by atoms with van der Waals surface area (Å²) in [6.07, 6.45) is 3.83. The second kappa shape index (κ2) is 6.00. The average molecular weight is 288 g/mol. The lowest BCUT2D eigenvalue weighted by molar-refractivity contribution is 0.105. The van der Waals surface area contributed by atoms with Crippen molar-refractivity contribution in [3.8, 4) is 0 Å². The van der Waals surface area contributed by atoms with Gasteiger partial charge < -0.3 is 10.2 Å². The van der Waals surface area contributed by atoms with E-state index in [9.17, 15) is 0 Å². The zero-order chi connectivity index (χ0) is 15.7. The minimum Gasteiger partial charge on any atom is -0.382 e. The Morgan fingerprint density at radius 1 is 1.05 bits per heavy atom. The number of nitrogens with one attached hydrogen (secondary N) is 1. The lowest BCUT2D eigenvalue weighted by atomic mass is 9.63. The number of rotatable bonds is 4. The van der Waals surface area contributed by atoms with Gasteiger partial charge in [-0.2, -0.15) is 0 Å². The van der Waals surface area contributed by atoms with E-state index in [-0.39, 0.29) is 0 Å². The van der Waals surface area contributed by atoms with Crippen molar-refractivity contribution in [3.63, 3.8) is 0 Å². The molecular formula is C19H32N2. The molecule has 0 heterocycles. The first-order chi connectivity index (χ1) is 9.67. The summed E-state index contributed by atoms with van der Waals surface area (Å²) in [5, 5.41) is 3.84. The van der Waals surface area contributed by atoms with E-state index in [1.54, 1.807) is 0 Å². The van der Waals surface area contributed by atoms with Crippen molar-refractivity contribution in [2.45, 2.75) is 59.5 Å². The van der Waals surface area contributed by atoms with Crippen LogP contribution in [0.15, 0.2) is 24.3 Å². The molecule has 1 saturated carbocycles. The fourth-order valence-electron chi connectivity index (χ4n) is 4.31. The first-order valence-electron chi connectivity index (χ1n) is 8.16. The molecule has 1 aliphatic carbocycles. The molecule has 118 valence electrons. The van der Waals surface area contributed by atoms with Crippen molar-refractivity contribution in [2.75, 3.05) is 19.4 Å². The average Bonchev–Trinajstić information content (AvgIpc) is 2.26. The molecule has 1 fully saturated rings. The van der Waals surface area contributed by atoms with Gasteiger partial charge in [-0.15, -0.1) is 0 Å². The molecule has 21 heavy (non-hydrogen) atoms. The SMILES string of the molecule is CN(C)Cc1ccccc1NC1CC(C)(C)CC(C)(C)C1. The van der Waals surface area contributed by atoms with Gasteiger partial charge in [0.25, 0.3) is 0 Å². The summed E-state index contributed by atoms with van der Waals surface area (Å²) in [5.41, 5.74) is 3.56. The third-order valence-corrected chi connectivity index (χ3v) is 4.42. The number of para-hydroxylation sites is 1. The summed E-state index contributed by atoms with van der Waals surface area (Å²) in [6, 6.07) is 9.32. The Balaban J connectivity index is 2.14. The van der Waals surface area contributed by atoms with E-state index in [0.717, 1.165) is 6.54 Å². The molecule has 0 atom stereocenters. The topological polar surface area (TPSA) is 15.3 Å². The van der Waals surface area contributed by atoms with Crippen LogP contribution in [0.3, 0.4) is 0 Å². The van der Waals surface area contributed by atoms with Gasteiger partial charge in [0.15, 0.2) is 0 Å². The van der Waals surface area contributed by atoms with Crippen LogP contribution in [0.4, 0.5) is 5.69 Å². The Bertz CT molecular complexity index is 458. The highest BCUT2D eigenvalue weighted by molar-refractivity contribution is 5.52. The predicted molar refractivity (Wildman–Crippen MR) is 92.7 cm³/mol. The van der Waals surface area contributed by atoms with Crippen molar-refractivity contribution < 1.29 is 0 Å². The standard InChI is InChI=1S/C19H32N2/c1-18(2)11-16(12-19(3,4)14-18)20-17-10-8-7-9-15(17)13-21(5)6/h7-10,16,20H,11-14H2,1-6H3. The van der Waals surface area contributed by atoms with E-state index >= 15 is 0 Å². The van der Waals surface area contributed by atoms with Gasteiger partial charge in [0.2, 0.25) is 0 Å². The maximum atomic E-state index is 3.84.